The Morgan fingerprint density at radius 3 is 1.49 bits per heavy atom. The van der Waals surface area contributed by atoms with Gasteiger partial charge >= 0.3 is 86.6 Å². The Bertz CT molecular complexity index is 1920. The number of rotatable bonds is 5. The number of epoxide rings is 1. The largest absolute Gasteiger partial charge is 2.00 e. The van der Waals surface area contributed by atoms with Crippen LogP contribution in [0.3, 0.4) is 0 Å². The van der Waals surface area contributed by atoms with Gasteiger partial charge in [0.1, 0.15) is 22.7 Å². The summed E-state index contributed by atoms with van der Waals surface area (Å²) in [6, 6.07) is 18.8. The fourth-order valence-electron chi connectivity index (χ4n) is 6.33. The number of carbonyl (C=O) groups excluding carboxylic acids is 2. The van der Waals surface area contributed by atoms with Gasteiger partial charge in [-0.25, -0.2) is 9.59 Å². The van der Waals surface area contributed by atoms with Crippen molar-refractivity contribution in [3.05, 3.63) is 92.2 Å². The molecule has 4 fully saturated rings. The number of piperidine rings is 2. The van der Waals surface area contributed by atoms with Crippen molar-refractivity contribution in [1.29, 1.82) is 0 Å². The topological polar surface area (TPSA) is 129 Å². The molecule has 2 amide bonds. The average Bonchev–Trinajstić information content (AvgIpc) is 3.75. The maximum absolute atomic E-state index is 12.1. The quantitative estimate of drug-likeness (QED) is 0.153. The molecule has 0 aliphatic carbocycles. The van der Waals surface area contributed by atoms with Gasteiger partial charge in [-0.15, -0.1) is 12.1 Å². The second kappa shape index (κ2) is 46.0. The van der Waals surface area contributed by atoms with E-state index >= 15 is 0 Å². The molecule has 3 aromatic carbocycles. The van der Waals surface area contributed by atoms with E-state index in [1.165, 1.54) is 12.8 Å². The molecule has 7 rings (SSSR count). The number of hydrogen-bond donors (Lipinski definition) is 1. The molecule has 0 saturated carbocycles. The Kier molecular flexibility index (Phi) is 51.7. The van der Waals surface area contributed by atoms with Crippen molar-refractivity contribution >= 4 is 135 Å². The van der Waals surface area contributed by atoms with Gasteiger partial charge < -0.3 is 83.9 Å². The molecular formula is C52H78Br3Cl4CuMg2N2O10S. The summed E-state index contributed by atoms with van der Waals surface area (Å²) >= 11 is 28.9. The number of aliphatic hydroxyl groups is 1. The molecule has 426 valence electrons. The zero-order valence-electron chi connectivity index (χ0n) is 46.0. The van der Waals surface area contributed by atoms with Crippen LogP contribution < -0.4 is 43.6 Å². The zero-order valence-corrected chi connectivity index (χ0v) is 58.3. The summed E-state index contributed by atoms with van der Waals surface area (Å²) in [5, 5.41) is 12.9. The Labute approximate surface area is 542 Å². The Morgan fingerprint density at radius 1 is 0.760 bits per heavy atom. The van der Waals surface area contributed by atoms with Gasteiger partial charge in [-0.2, -0.15) is 49.3 Å². The normalized spacial score (nSPS) is 14.9. The van der Waals surface area contributed by atoms with E-state index in [9.17, 15) is 14.7 Å². The second-order valence-electron chi connectivity index (χ2n) is 18.4. The molecule has 4 aliphatic rings. The molecule has 0 bridgehead atoms. The molecule has 12 nitrogen and oxygen atoms in total. The van der Waals surface area contributed by atoms with E-state index in [4.69, 9.17) is 68.0 Å². The van der Waals surface area contributed by atoms with E-state index in [0.29, 0.717) is 58.9 Å². The van der Waals surface area contributed by atoms with Crippen molar-refractivity contribution in [2.45, 2.75) is 123 Å². The Balaban J connectivity index is -0.000000277. The molecule has 75 heavy (non-hydrogen) atoms. The number of benzene rings is 3. The number of amides is 2. The fourth-order valence-corrected chi connectivity index (χ4v) is 7.49. The van der Waals surface area contributed by atoms with Gasteiger partial charge in [0.05, 0.1) is 43.6 Å². The van der Waals surface area contributed by atoms with Crippen LogP contribution >= 0.6 is 76.6 Å². The number of nitrogens with zero attached hydrogens (tertiary/aromatic N) is 2. The molecule has 4 saturated heterocycles. The van der Waals surface area contributed by atoms with Crippen LogP contribution in [-0.2, 0) is 39.6 Å². The number of likely N-dealkylation sites (tertiary alicyclic amines) is 2. The van der Waals surface area contributed by atoms with E-state index in [-0.39, 0.29) is 93.3 Å². The number of carbonyl (C=O) groups is 2. The van der Waals surface area contributed by atoms with Gasteiger partial charge in [0, 0.05) is 61.6 Å². The number of hydrogen-bond acceptors (Lipinski definition) is 11. The molecule has 0 atom stereocenters. The predicted octanol–water partition coefficient (Wildman–Crippen LogP) is 7.80. The van der Waals surface area contributed by atoms with Gasteiger partial charge in [-0.3, -0.25) is 0 Å². The Morgan fingerprint density at radius 2 is 1.16 bits per heavy atom. The van der Waals surface area contributed by atoms with Crippen molar-refractivity contribution in [3.63, 3.8) is 0 Å². The predicted molar refractivity (Wildman–Crippen MR) is 308 cm³/mol. The number of thioether (sulfide) groups is 1. The number of ether oxygens (including phenoxy) is 7. The van der Waals surface area contributed by atoms with Gasteiger partial charge in [0.25, 0.3) is 0 Å². The van der Waals surface area contributed by atoms with Crippen LogP contribution in [0.4, 0.5) is 9.59 Å². The van der Waals surface area contributed by atoms with Crippen molar-refractivity contribution < 1.29 is 91.4 Å². The monoisotopic (exact) mass is 1410 g/mol. The van der Waals surface area contributed by atoms with Gasteiger partial charge in [-0.1, -0.05) is 28.2 Å². The summed E-state index contributed by atoms with van der Waals surface area (Å²) in [7, 11) is 4.82. The van der Waals surface area contributed by atoms with Crippen LogP contribution in [0.2, 0.25) is 15.1 Å². The minimum atomic E-state index is -0.878. The van der Waals surface area contributed by atoms with Crippen molar-refractivity contribution in [2.75, 3.05) is 79.8 Å². The molecule has 0 unspecified atom stereocenters. The molecule has 1 N–H and O–H groups in total. The molecule has 0 radical (unpaired) electrons. The first kappa shape index (κ1) is 84.3. The zero-order chi connectivity index (χ0) is 54.3. The van der Waals surface area contributed by atoms with Crippen LogP contribution in [0.25, 0.3) is 0 Å². The SMILES string of the molecule is C1CCOC1.CC(C)(C)OC(=O)N1CCC2(CC1)CO2.COc1[c-]cc(Cl)cc1.COc1ccc(Cl)cc1Br.COc1ccc(Cl)cc1CC1(O)CCN(C(=O)OC(C)(C)C)CC1.CSC.C[CH-]C.[Br-].[Cl-].[Cu][Br].[Mg+2].[Mg+2]. The maximum Gasteiger partial charge on any atom is 2.00 e. The van der Waals surface area contributed by atoms with Gasteiger partial charge in [0.2, 0.25) is 0 Å². The smallest absolute Gasteiger partial charge is 2.00 e. The molecule has 1 spiro atoms. The molecule has 3 aromatic rings. The van der Waals surface area contributed by atoms with Crippen LogP contribution in [0.5, 0.6) is 17.2 Å². The van der Waals surface area contributed by atoms with Crippen molar-refractivity contribution in [3.8, 4) is 17.2 Å². The third kappa shape index (κ3) is 39.5. The van der Waals surface area contributed by atoms with Crippen molar-refractivity contribution in [2.24, 2.45) is 0 Å². The number of halogens is 7. The summed E-state index contributed by atoms with van der Waals surface area (Å²) in [6.07, 6.45) is 11.4. The van der Waals surface area contributed by atoms with Gasteiger partial charge in [0.15, 0.2) is 0 Å². The van der Waals surface area contributed by atoms with E-state index in [0.717, 1.165) is 61.5 Å². The summed E-state index contributed by atoms with van der Waals surface area (Å²) in [5.74, 6) is 2.21. The molecule has 0 aromatic heterocycles. The average molecular weight is 1420 g/mol. The minimum Gasteiger partial charge on any atom is 2.00 e. The second-order valence-corrected chi connectivity index (χ2v) is 21.4. The summed E-state index contributed by atoms with van der Waals surface area (Å²) < 4.78 is 37.1. The molecule has 4 heterocycles. The van der Waals surface area contributed by atoms with Gasteiger partial charge in [-0.05, 0) is 150 Å². The summed E-state index contributed by atoms with van der Waals surface area (Å²) in [6.45, 7) is 20.5. The van der Waals surface area contributed by atoms with E-state index in [2.05, 4.69) is 50.3 Å². The first-order valence-corrected chi connectivity index (χ1v) is 29.0. The first-order chi connectivity index (χ1) is 33.4. The standard InChI is InChI=1S/C18H26ClNO4.C11H19NO3.C7H6BrClO.C7H6ClO.C4H8O.C3H7.C2H6S.2BrH.ClH.Cu.2Mg/c1-17(2,3)24-16(21)20-9-7-18(22,8-10-20)12-13-11-14(19)5-6-15(13)23-4;1-10(2,3)15-9(13)12-6-4-11(5-7-12)8-14-11;1-10-7-3-2-5(9)4-6(7)8;1-9-7-4-2-6(8)3-5-7;1-2-4-5-3-1;2*1-3-2;;;;;;/h5-6,11,22H,7-10,12H2,1-4H3;4-8H2,1-3H3;2-4H,1H3;2-4H,1H3;1-4H2;3H,1-2H3;1-2H3;3*1H;;;/q;;;-1;;-1;;;;;+1;2*+2/p-3. The molecule has 4 aliphatic heterocycles. The summed E-state index contributed by atoms with van der Waals surface area (Å²) in [4.78, 5) is 27.2. The van der Waals surface area contributed by atoms with Crippen LogP contribution in [0.1, 0.15) is 99.5 Å². The molecule has 23 heteroatoms. The van der Waals surface area contributed by atoms with E-state index in [1.807, 2.05) is 86.5 Å². The summed E-state index contributed by atoms with van der Waals surface area (Å²) in [5.41, 5.74) is -0.797. The minimum absolute atomic E-state index is 0. The van der Waals surface area contributed by atoms with Crippen LogP contribution in [-0.4, -0.2) is 175 Å². The molecular weight excluding hydrogens is 1340 g/mol. The third-order valence-corrected chi connectivity index (χ3v) is 11.2. The Hall–Kier alpha value is 0.482. The van der Waals surface area contributed by atoms with Crippen LogP contribution in [0.15, 0.2) is 59.1 Å². The fraction of sp³-hybridized carbons (Fsp3) is 0.596. The van der Waals surface area contributed by atoms with E-state index in [1.54, 1.807) is 85.4 Å². The third-order valence-electron chi connectivity index (χ3n) is 9.89. The van der Waals surface area contributed by atoms with Crippen LogP contribution in [0, 0.1) is 12.5 Å². The first-order valence-electron chi connectivity index (χ1n) is 23.1. The number of methoxy groups -OCH3 is 3. The van der Waals surface area contributed by atoms with Crippen molar-refractivity contribution in [1.82, 2.24) is 9.80 Å². The maximum atomic E-state index is 12.1. The van der Waals surface area contributed by atoms with E-state index < -0.39 is 16.8 Å².